The smallest absolute Gasteiger partial charge is 0.293 e. The molecule has 2 aromatic heterocycles. The molecule has 1 fully saturated rings. The van der Waals surface area contributed by atoms with Crippen molar-refractivity contribution in [1.29, 1.82) is 0 Å². The van der Waals surface area contributed by atoms with E-state index in [9.17, 15) is 4.79 Å². The summed E-state index contributed by atoms with van der Waals surface area (Å²) in [6.07, 6.45) is 2.54. The minimum Gasteiger partial charge on any atom is -0.497 e. The zero-order valence-corrected chi connectivity index (χ0v) is 17.3. The van der Waals surface area contributed by atoms with Gasteiger partial charge in [0.15, 0.2) is 10.9 Å². The number of piperidine rings is 1. The van der Waals surface area contributed by atoms with Gasteiger partial charge in [-0.15, -0.1) is 11.3 Å². The van der Waals surface area contributed by atoms with Crippen molar-refractivity contribution in [2.45, 2.75) is 33.2 Å². The highest BCUT2D eigenvalue weighted by Crippen LogP contribution is 2.29. The van der Waals surface area contributed by atoms with E-state index in [0.717, 1.165) is 47.9 Å². The van der Waals surface area contributed by atoms with Crippen LogP contribution in [-0.4, -0.2) is 36.0 Å². The van der Waals surface area contributed by atoms with Crippen LogP contribution in [0.5, 0.6) is 5.75 Å². The summed E-state index contributed by atoms with van der Waals surface area (Å²) in [5, 5.41) is 6.38. The third-order valence-corrected chi connectivity index (χ3v) is 6.06. The highest BCUT2D eigenvalue weighted by Gasteiger charge is 2.20. The van der Waals surface area contributed by atoms with Gasteiger partial charge < -0.3 is 9.15 Å². The summed E-state index contributed by atoms with van der Waals surface area (Å²) in [6, 6.07) is 5.52. The minimum absolute atomic E-state index is 0.278. The van der Waals surface area contributed by atoms with E-state index in [1.807, 2.05) is 30.5 Å². The number of ether oxygens (including phenoxy) is 1. The van der Waals surface area contributed by atoms with Gasteiger partial charge in [-0.05, 0) is 50.4 Å². The number of hydrogen-bond donors (Lipinski definition) is 1. The molecule has 3 aromatic rings. The lowest BCUT2D eigenvalue weighted by Gasteiger charge is -2.30. The molecular formula is C21H25N3O3S. The molecule has 6 nitrogen and oxygen atoms in total. The predicted octanol–water partition coefficient (Wildman–Crippen LogP) is 4.69. The van der Waals surface area contributed by atoms with Crippen molar-refractivity contribution < 1.29 is 13.9 Å². The van der Waals surface area contributed by atoms with Gasteiger partial charge in [0, 0.05) is 29.4 Å². The molecule has 148 valence electrons. The molecular weight excluding hydrogens is 374 g/mol. The van der Waals surface area contributed by atoms with Crippen molar-refractivity contribution in [3.63, 3.8) is 0 Å². The number of hydrogen-bond acceptors (Lipinski definition) is 6. The number of nitrogens with one attached hydrogen (secondary N) is 1. The number of carbonyl (C=O) groups is 1. The van der Waals surface area contributed by atoms with Crippen LogP contribution in [0.3, 0.4) is 0 Å². The molecule has 3 heterocycles. The lowest BCUT2D eigenvalue weighted by atomic mass is 10.0. The number of rotatable bonds is 5. The van der Waals surface area contributed by atoms with Crippen LogP contribution in [0.15, 0.2) is 28.0 Å². The summed E-state index contributed by atoms with van der Waals surface area (Å²) in [4.78, 5) is 19.7. The van der Waals surface area contributed by atoms with E-state index in [-0.39, 0.29) is 5.91 Å². The summed E-state index contributed by atoms with van der Waals surface area (Å²) in [5.74, 6) is 1.51. The topological polar surface area (TPSA) is 67.6 Å². The first kappa shape index (κ1) is 19.0. The van der Waals surface area contributed by atoms with Crippen LogP contribution >= 0.6 is 11.3 Å². The molecule has 7 heteroatoms. The van der Waals surface area contributed by atoms with E-state index >= 15 is 0 Å². The Labute approximate surface area is 168 Å². The van der Waals surface area contributed by atoms with Gasteiger partial charge in [0.05, 0.1) is 12.8 Å². The quantitative estimate of drug-likeness (QED) is 0.674. The first-order chi connectivity index (χ1) is 13.5. The zero-order valence-electron chi connectivity index (χ0n) is 16.4. The molecule has 28 heavy (non-hydrogen) atoms. The van der Waals surface area contributed by atoms with E-state index in [0.29, 0.717) is 16.5 Å². The fraction of sp³-hybridized carbons (Fsp3) is 0.429. The summed E-state index contributed by atoms with van der Waals surface area (Å²) < 4.78 is 11.0. The number of benzene rings is 1. The number of likely N-dealkylation sites (tertiary alicyclic amines) is 1. The van der Waals surface area contributed by atoms with E-state index in [4.69, 9.17) is 9.15 Å². The number of furan rings is 1. The Bertz CT molecular complexity index is 994. The molecule has 0 aliphatic carbocycles. The van der Waals surface area contributed by atoms with E-state index in [2.05, 4.69) is 22.1 Å². The Hall–Kier alpha value is -2.38. The van der Waals surface area contributed by atoms with Gasteiger partial charge in [0.2, 0.25) is 0 Å². The van der Waals surface area contributed by atoms with Gasteiger partial charge in [-0.2, -0.15) is 0 Å². The zero-order chi connectivity index (χ0) is 19.7. The fourth-order valence-corrected chi connectivity index (χ4v) is 4.49. The normalized spacial score (nSPS) is 17.8. The molecule has 0 radical (unpaired) electrons. The number of amides is 1. The van der Waals surface area contributed by atoms with Gasteiger partial charge in [-0.25, -0.2) is 4.98 Å². The second kappa shape index (κ2) is 7.93. The lowest BCUT2D eigenvalue weighted by Crippen LogP contribution is -2.33. The largest absolute Gasteiger partial charge is 0.497 e. The number of carbonyl (C=O) groups excluding carboxylic acids is 1. The molecule has 1 amide bonds. The third-order valence-electron chi connectivity index (χ3n) is 5.25. The van der Waals surface area contributed by atoms with Crippen LogP contribution in [0.4, 0.5) is 5.13 Å². The average molecular weight is 400 g/mol. The van der Waals surface area contributed by atoms with Gasteiger partial charge in [-0.1, -0.05) is 6.92 Å². The Morgan fingerprint density at radius 3 is 3.11 bits per heavy atom. The summed E-state index contributed by atoms with van der Waals surface area (Å²) >= 11 is 1.45. The number of anilines is 1. The van der Waals surface area contributed by atoms with Crippen LogP contribution in [0, 0.1) is 12.8 Å². The Kier molecular flexibility index (Phi) is 5.37. The molecule has 0 bridgehead atoms. The van der Waals surface area contributed by atoms with Crippen LogP contribution in [-0.2, 0) is 6.54 Å². The Morgan fingerprint density at radius 2 is 2.32 bits per heavy atom. The highest BCUT2D eigenvalue weighted by molar-refractivity contribution is 7.13. The Balaban J connectivity index is 1.46. The number of aryl methyl sites for hydroxylation is 1. The maximum atomic E-state index is 12.7. The monoisotopic (exact) mass is 399 g/mol. The highest BCUT2D eigenvalue weighted by atomic mass is 32.1. The molecule has 1 atom stereocenters. The number of nitrogens with zero attached hydrogens (tertiary/aromatic N) is 2. The molecule has 1 unspecified atom stereocenters. The van der Waals surface area contributed by atoms with E-state index in [1.54, 1.807) is 7.11 Å². The minimum atomic E-state index is -0.278. The van der Waals surface area contributed by atoms with Crippen molar-refractivity contribution in [2.75, 3.05) is 25.5 Å². The van der Waals surface area contributed by atoms with Gasteiger partial charge in [-0.3, -0.25) is 15.0 Å². The van der Waals surface area contributed by atoms with Crippen LogP contribution in [0.2, 0.25) is 0 Å². The predicted molar refractivity (Wildman–Crippen MR) is 111 cm³/mol. The molecule has 1 aliphatic heterocycles. The molecule has 0 saturated carbocycles. The van der Waals surface area contributed by atoms with Gasteiger partial charge >= 0.3 is 0 Å². The van der Waals surface area contributed by atoms with Crippen LogP contribution in [0.25, 0.3) is 11.0 Å². The summed E-state index contributed by atoms with van der Waals surface area (Å²) in [7, 11) is 1.62. The maximum absolute atomic E-state index is 12.7. The molecule has 4 rings (SSSR count). The molecule has 1 aromatic carbocycles. The van der Waals surface area contributed by atoms with Crippen LogP contribution < -0.4 is 10.1 Å². The standard InChI is InChI=1S/C21H25N3O3S/c1-13-5-4-8-24(10-13)11-15-12-28-21(22-15)23-20(25)19-14(2)17-9-16(26-3)6-7-18(17)27-19/h6-7,9,12-13H,4-5,8,10-11H2,1-3H3,(H,22,23,25). The van der Waals surface area contributed by atoms with E-state index in [1.165, 1.54) is 24.2 Å². The first-order valence-electron chi connectivity index (χ1n) is 9.58. The summed E-state index contributed by atoms with van der Waals surface area (Å²) in [5.41, 5.74) is 2.47. The number of fused-ring (bicyclic) bond motifs is 1. The van der Waals surface area contributed by atoms with Gasteiger partial charge in [0.25, 0.3) is 5.91 Å². The lowest BCUT2D eigenvalue weighted by molar-refractivity contribution is 0.0998. The first-order valence-corrected chi connectivity index (χ1v) is 10.5. The molecule has 0 spiro atoms. The SMILES string of the molecule is COc1ccc2oc(C(=O)Nc3nc(CN4CCCC(C)C4)cs3)c(C)c2c1. The van der Waals surface area contributed by atoms with Gasteiger partial charge in [0.1, 0.15) is 11.3 Å². The maximum Gasteiger partial charge on any atom is 0.293 e. The Morgan fingerprint density at radius 1 is 1.46 bits per heavy atom. The van der Waals surface area contributed by atoms with Crippen molar-refractivity contribution in [3.8, 4) is 5.75 Å². The number of thiazole rings is 1. The van der Waals surface area contributed by atoms with Crippen molar-refractivity contribution in [2.24, 2.45) is 5.92 Å². The second-order valence-corrected chi connectivity index (χ2v) is 8.36. The van der Waals surface area contributed by atoms with Crippen LogP contribution in [0.1, 0.15) is 41.6 Å². The van der Waals surface area contributed by atoms with E-state index < -0.39 is 0 Å². The van der Waals surface area contributed by atoms with Crippen molar-refractivity contribution in [3.05, 3.63) is 40.6 Å². The van der Waals surface area contributed by atoms with Crippen molar-refractivity contribution >= 4 is 33.3 Å². The average Bonchev–Trinajstić information content (AvgIpc) is 3.25. The third kappa shape index (κ3) is 3.91. The van der Waals surface area contributed by atoms with Crippen molar-refractivity contribution in [1.82, 2.24) is 9.88 Å². The molecule has 1 aliphatic rings. The fourth-order valence-electron chi connectivity index (χ4n) is 3.79. The number of aromatic nitrogens is 1. The number of methoxy groups -OCH3 is 1. The second-order valence-electron chi connectivity index (χ2n) is 7.50. The summed E-state index contributed by atoms with van der Waals surface area (Å²) in [6.45, 7) is 7.24. The molecule has 1 N–H and O–H groups in total. The molecule has 1 saturated heterocycles.